The van der Waals surface area contributed by atoms with Crippen molar-refractivity contribution in [3.63, 3.8) is 0 Å². The molecule has 9 heteroatoms. The zero-order valence-corrected chi connectivity index (χ0v) is 19.5. The molecule has 1 aliphatic heterocycles. The SMILES string of the molecule is CCC(C)[C@@H](NC(=O)c1cn(CC)c2cc3c(cc2c1=O)OCO3)C(=O)NCc1cccnc1. The average molecular weight is 465 g/mol. The molecule has 1 unspecified atom stereocenters. The molecule has 178 valence electrons. The summed E-state index contributed by atoms with van der Waals surface area (Å²) < 4.78 is 12.7. The van der Waals surface area contributed by atoms with Gasteiger partial charge in [0.2, 0.25) is 18.1 Å². The molecule has 0 aliphatic carbocycles. The lowest BCUT2D eigenvalue weighted by atomic mass is 9.97. The van der Waals surface area contributed by atoms with Crippen LogP contribution in [-0.4, -0.2) is 34.2 Å². The van der Waals surface area contributed by atoms with E-state index in [0.717, 1.165) is 5.56 Å². The molecular formula is C25H28N4O5. The summed E-state index contributed by atoms with van der Waals surface area (Å²) in [5.41, 5.74) is 1.06. The van der Waals surface area contributed by atoms with Gasteiger partial charge in [-0.25, -0.2) is 0 Å². The van der Waals surface area contributed by atoms with Gasteiger partial charge >= 0.3 is 0 Å². The number of nitrogens with one attached hydrogen (secondary N) is 2. The van der Waals surface area contributed by atoms with Crippen molar-refractivity contribution in [3.8, 4) is 11.5 Å². The zero-order valence-electron chi connectivity index (χ0n) is 19.5. The Hall–Kier alpha value is -3.88. The lowest BCUT2D eigenvalue weighted by molar-refractivity contribution is -0.124. The third-order valence-corrected chi connectivity index (χ3v) is 6.13. The molecule has 2 atom stereocenters. The fourth-order valence-electron chi connectivity index (χ4n) is 3.93. The minimum absolute atomic E-state index is 0.0263. The van der Waals surface area contributed by atoms with Crippen LogP contribution in [0.2, 0.25) is 0 Å². The van der Waals surface area contributed by atoms with Crippen molar-refractivity contribution in [2.24, 2.45) is 5.92 Å². The highest BCUT2D eigenvalue weighted by Gasteiger charge is 2.28. The summed E-state index contributed by atoms with van der Waals surface area (Å²) in [6.45, 7) is 6.67. The fourth-order valence-corrected chi connectivity index (χ4v) is 3.93. The Balaban J connectivity index is 1.61. The molecule has 1 aliphatic rings. The van der Waals surface area contributed by atoms with E-state index in [4.69, 9.17) is 9.47 Å². The van der Waals surface area contributed by atoms with Crippen LogP contribution in [-0.2, 0) is 17.9 Å². The third kappa shape index (κ3) is 4.59. The second-order valence-electron chi connectivity index (χ2n) is 8.30. The molecular weight excluding hydrogens is 436 g/mol. The maximum atomic E-state index is 13.3. The Morgan fingerprint density at radius 3 is 2.65 bits per heavy atom. The van der Waals surface area contributed by atoms with Gasteiger partial charge in [0.1, 0.15) is 11.6 Å². The third-order valence-electron chi connectivity index (χ3n) is 6.13. The minimum atomic E-state index is -0.795. The monoisotopic (exact) mass is 464 g/mol. The average Bonchev–Trinajstić information content (AvgIpc) is 3.33. The number of nitrogens with zero attached hydrogens (tertiary/aromatic N) is 2. The Morgan fingerprint density at radius 2 is 1.97 bits per heavy atom. The smallest absolute Gasteiger partial charge is 0.257 e. The van der Waals surface area contributed by atoms with E-state index < -0.39 is 17.4 Å². The van der Waals surface area contributed by atoms with Gasteiger partial charge in [-0.15, -0.1) is 0 Å². The number of ether oxygens (including phenoxy) is 2. The molecule has 0 spiro atoms. The molecule has 0 saturated carbocycles. The van der Waals surface area contributed by atoms with Crippen molar-refractivity contribution in [3.05, 3.63) is 64.2 Å². The van der Waals surface area contributed by atoms with E-state index in [0.29, 0.717) is 41.9 Å². The molecule has 3 aromatic rings. The first kappa shape index (κ1) is 23.3. The number of benzene rings is 1. The fraction of sp³-hybridized carbons (Fsp3) is 0.360. The molecule has 2 N–H and O–H groups in total. The van der Waals surface area contributed by atoms with E-state index in [2.05, 4.69) is 15.6 Å². The summed E-state index contributed by atoms with van der Waals surface area (Å²) >= 11 is 0. The predicted octanol–water partition coefficient (Wildman–Crippen LogP) is 2.61. The second kappa shape index (κ2) is 9.94. The van der Waals surface area contributed by atoms with Crippen molar-refractivity contribution in [2.75, 3.05) is 6.79 Å². The van der Waals surface area contributed by atoms with Gasteiger partial charge in [0, 0.05) is 37.7 Å². The van der Waals surface area contributed by atoms with Crippen LogP contribution in [0.3, 0.4) is 0 Å². The number of fused-ring (bicyclic) bond motifs is 2. The molecule has 4 rings (SSSR count). The highest BCUT2D eigenvalue weighted by atomic mass is 16.7. The van der Waals surface area contributed by atoms with Crippen LogP contribution in [0.5, 0.6) is 11.5 Å². The van der Waals surface area contributed by atoms with E-state index in [-0.39, 0.29) is 24.2 Å². The maximum Gasteiger partial charge on any atom is 0.257 e. The first-order valence-corrected chi connectivity index (χ1v) is 11.4. The summed E-state index contributed by atoms with van der Waals surface area (Å²) in [6.07, 6.45) is 5.54. The molecule has 2 amide bonds. The first-order valence-electron chi connectivity index (χ1n) is 11.4. The van der Waals surface area contributed by atoms with Crippen LogP contribution in [0.15, 0.2) is 47.7 Å². The molecule has 9 nitrogen and oxygen atoms in total. The minimum Gasteiger partial charge on any atom is -0.454 e. The van der Waals surface area contributed by atoms with Gasteiger partial charge in [-0.2, -0.15) is 0 Å². The van der Waals surface area contributed by atoms with Crippen molar-refractivity contribution >= 4 is 22.7 Å². The van der Waals surface area contributed by atoms with Gasteiger partial charge in [0.15, 0.2) is 11.5 Å². The maximum absolute atomic E-state index is 13.3. The van der Waals surface area contributed by atoms with E-state index in [1.807, 2.05) is 31.4 Å². The lowest BCUT2D eigenvalue weighted by Gasteiger charge is -2.24. The van der Waals surface area contributed by atoms with Gasteiger partial charge in [0.25, 0.3) is 5.91 Å². The molecule has 34 heavy (non-hydrogen) atoms. The number of pyridine rings is 2. The van der Waals surface area contributed by atoms with Crippen LogP contribution < -0.4 is 25.5 Å². The van der Waals surface area contributed by atoms with Gasteiger partial charge in [-0.1, -0.05) is 26.3 Å². The normalized spacial score (nSPS) is 14.0. The number of aromatic nitrogens is 2. The van der Waals surface area contributed by atoms with Crippen LogP contribution in [0.4, 0.5) is 0 Å². The number of hydrogen-bond donors (Lipinski definition) is 2. The van der Waals surface area contributed by atoms with E-state index in [9.17, 15) is 14.4 Å². The molecule has 1 aromatic carbocycles. The predicted molar refractivity (Wildman–Crippen MR) is 127 cm³/mol. The summed E-state index contributed by atoms with van der Waals surface area (Å²) in [6, 6.07) is 6.21. The topological polar surface area (TPSA) is 112 Å². The summed E-state index contributed by atoms with van der Waals surface area (Å²) in [5, 5.41) is 6.01. The van der Waals surface area contributed by atoms with Gasteiger partial charge in [-0.3, -0.25) is 19.4 Å². The van der Waals surface area contributed by atoms with Gasteiger partial charge in [-0.05, 0) is 30.5 Å². The second-order valence-corrected chi connectivity index (χ2v) is 8.30. The lowest BCUT2D eigenvalue weighted by Crippen LogP contribution is -2.50. The van der Waals surface area contributed by atoms with Crippen LogP contribution in [0.1, 0.15) is 43.1 Å². The summed E-state index contributed by atoms with van der Waals surface area (Å²) in [7, 11) is 0. The number of carbonyl (C=O) groups excluding carboxylic acids is 2. The van der Waals surface area contributed by atoms with Crippen LogP contribution in [0.25, 0.3) is 10.9 Å². The first-order chi connectivity index (χ1) is 16.4. The number of hydrogen-bond acceptors (Lipinski definition) is 6. The van der Waals surface area contributed by atoms with E-state index in [1.165, 1.54) is 6.20 Å². The Labute approximate surface area is 197 Å². The van der Waals surface area contributed by atoms with Crippen LogP contribution in [0, 0.1) is 5.92 Å². The van der Waals surface area contributed by atoms with Gasteiger partial charge in [0.05, 0.1) is 10.9 Å². The summed E-state index contributed by atoms with van der Waals surface area (Å²) in [5.74, 6) is -0.00820. The standard InChI is InChI=1S/C25H28N4O5/c1-4-15(3)22(25(32)27-12-16-7-6-8-26-11-16)28-24(31)18-13-29(5-2)19-10-21-20(33-14-34-21)9-17(19)23(18)30/h6-11,13,15,22H,4-5,12,14H2,1-3H3,(H,27,32)(H,28,31)/t15?,22-/m1/s1. The molecule has 0 fully saturated rings. The highest BCUT2D eigenvalue weighted by molar-refractivity contribution is 6.00. The largest absolute Gasteiger partial charge is 0.454 e. The number of carbonyl (C=O) groups is 2. The van der Waals surface area contributed by atoms with Crippen molar-refractivity contribution in [2.45, 2.75) is 46.3 Å². The molecule has 0 radical (unpaired) electrons. The van der Waals surface area contributed by atoms with Crippen molar-refractivity contribution in [1.29, 1.82) is 0 Å². The molecule has 2 aromatic heterocycles. The van der Waals surface area contributed by atoms with E-state index in [1.54, 1.807) is 30.6 Å². The number of rotatable bonds is 8. The quantitative estimate of drug-likeness (QED) is 0.530. The number of amides is 2. The van der Waals surface area contributed by atoms with Crippen molar-refractivity contribution in [1.82, 2.24) is 20.2 Å². The molecule has 0 bridgehead atoms. The Bertz CT molecular complexity index is 1270. The Morgan fingerprint density at radius 1 is 1.21 bits per heavy atom. The van der Waals surface area contributed by atoms with E-state index >= 15 is 0 Å². The molecule has 0 saturated heterocycles. The Kier molecular flexibility index (Phi) is 6.81. The molecule has 3 heterocycles. The highest BCUT2D eigenvalue weighted by Crippen LogP contribution is 2.35. The van der Waals surface area contributed by atoms with Crippen LogP contribution >= 0.6 is 0 Å². The number of aryl methyl sites for hydroxylation is 1. The zero-order chi connectivity index (χ0) is 24.2. The summed E-state index contributed by atoms with van der Waals surface area (Å²) in [4.78, 5) is 43.5. The van der Waals surface area contributed by atoms with Crippen molar-refractivity contribution < 1.29 is 19.1 Å². The van der Waals surface area contributed by atoms with Gasteiger partial charge < -0.3 is 24.7 Å².